The number of hydrogen-bond acceptors (Lipinski definition) is 3. The lowest BCUT2D eigenvalue weighted by atomic mass is 10.1. The molecule has 0 aliphatic carbocycles. The van der Waals surface area contributed by atoms with Crippen LogP contribution < -0.4 is 0 Å². The lowest BCUT2D eigenvalue weighted by Gasteiger charge is -2.06. The molecule has 0 bridgehead atoms. The highest BCUT2D eigenvalue weighted by atomic mass is 32.2. The summed E-state index contributed by atoms with van der Waals surface area (Å²) in [6, 6.07) is 10.2. The van der Waals surface area contributed by atoms with Gasteiger partial charge in [-0.2, -0.15) is 5.10 Å². The summed E-state index contributed by atoms with van der Waals surface area (Å²) in [7, 11) is -1.65. The summed E-state index contributed by atoms with van der Waals surface area (Å²) in [6.45, 7) is 0. The molecule has 3 aromatic rings. The second-order valence-electron chi connectivity index (χ2n) is 4.45. The van der Waals surface area contributed by atoms with E-state index < -0.39 is 10.0 Å². The van der Waals surface area contributed by atoms with Gasteiger partial charge in [0, 0.05) is 31.2 Å². The molecule has 5 nitrogen and oxygen atoms in total. The first-order valence-corrected chi connectivity index (χ1v) is 7.49. The molecule has 0 unspecified atom stereocenters. The molecule has 3 rings (SSSR count). The lowest BCUT2D eigenvalue weighted by Crippen LogP contribution is -2.10. The van der Waals surface area contributed by atoms with E-state index >= 15 is 0 Å². The maximum absolute atomic E-state index is 12.3. The molecule has 0 amide bonds. The Morgan fingerprint density at radius 1 is 1.00 bits per heavy atom. The first kappa shape index (κ1) is 12.7. The Morgan fingerprint density at radius 3 is 2.20 bits per heavy atom. The first-order chi connectivity index (χ1) is 9.57. The van der Waals surface area contributed by atoms with E-state index in [1.54, 1.807) is 47.3 Å². The largest absolute Gasteiger partial charge is 0.275 e. The Morgan fingerprint density at radius 2 is 1.65 bits per heavy atom. The topological polar surface area (TPSA) is 56.9 Å². The van der Waals surface area contributed by atoms with Crippen molar-refractivity contribution in [1.29, 1.82) is 0 Å². The summed E-state index contributed by atoms with van der Waals surface area (Å²) in [5.74, 6) is 0. The maximum Gasteiger partial charge on any atom is 0.267 e. The first-order valence-electron chi connectivity index (χ1n) is 6.05. The molecule has 0 fully saturated rings. The Hall–Kier alpha value is -2.34. The van der Waals surface area contributed by atoms with E-state index in [-0.39, 0.29) is 4.90 Å². The van der Waals surface area contributed by atoms with Crippen LogP contribution in [0.15, 0.2) is 66.1 Å². The van der Waals surface area contributed by atoms with Gasteiger partial charge in [-0.3, -0.25) is 4.68 Å². The van der Waals surface area contributed by atoms with E-state index in [0.29, 0.717) is 0 Å². The molecule has 0 atom stereocenters. The van der Waals surface area contributed by atoms with Gasteiger partial charge in [0.15, 0.2) is 0 Å². The van der Waals surface area contributed by atoms with Crippen LogP contribution in [0, 0.1) is 0 Å². The zero-order chi connectivity index (χ0) is 14.2. The third-order valence-corrected chi connectivity index (χ3v) is 4.71. The molecular weight excluding hydrogens is 274 g/mol. The quantitative estimate of drug-likeness (QED) is 0.741. The second-order valence-corrected chi connectivity index (χ2v) is 6.29. The van der Waals surface area contributed by atoms with E-state index in [9.17, 15) is 8.42 Å². The van der Waals surface area contributed by atoms with Gasteiger partial charge in [-0.05, 0) is 29.8 Å². The highest BCUT2D eigenvalue weighted by Crippen LogP contribution is 2.21. The van der Waals surface area contributed by atoms with Crippen molar-refractivity contribution in [2.24, 2.45) is 7.05 Å². The van der Waals surface area contributed by atoms with Gasteiger partial charge in [-0.1, -0.05) is 12.1 Å². The minimum absolute atomic E-state index is 0.265. The normalized spacial score (nSPS) is 11.7. The molecule has 0 spiro atoms. The molecule has 2 aromatic heterocycles. The van der Waals surface area contributed by atoms with Crippen LogP contribution in [0.4, 0.5) is 0 Å². The van der Waals surface area contributed by atoms with Gasteiger partial charge in [0.2, 0.25) is 0 Å². The summed E-state index contributed by atoms with van der Waals surface area (Å²) in [6.07, 6.45) is 6.67. The molecule has 0 radical (unpaired) electrons. The van der Waals surface area contributed by atoms with Crippen LogP contribution in [0.5, 0.6) is 0 Å². The monoisotopic (exact) mass is 287 g/mol. The van der Waals surface area contributed by atoms with Gasteiger partial charge >= 0.3 is 0 Å². The number of aromatic nitrogens is 3. The van der Waals surface area contributed by atoms with Crippen molar-refractivity contribution in [1.82, 2.24) is 13.8 Å². The van der Waals surface area contributed by atoms with Crippen molar-refractivity contribution in [2.45, 2.75) is 4.90 Å². The Balaban J connectivity index is 1.98. The number of benzene rings is 1. The summed E-state index contributed by atoms with van der Waals surface area (Å²) in [4.78, 5) is 0.265. The van der Waals surface area contributed by atoms with Crippen molar-refractivity contribution < 1.29 is 8.42 Å². The zero-order valence-electron chi connectivity index (χ0n) is 10.8. The third-order valence-electron chi connectivity index (χ3n) is 3.05. The van der Waals surface area contributed by atoms with E-state index in [1.165, 1.54) is 16.4 Å². The molecule has 0 saturated carbocycles. The number of nitrogens with zero attached hydrogens (tertiary/aromatic N) is 3. The second kappa shape index (κ2) is 4.64. The van der Waals surface area contributed by atoms with Gasteiger partial charge < -0.3 is 0 Å². The predicted molar refractivity (Wildman–Crippen MR) is 75.7 cm³/mol. The molecule has 6 heteroatoms. The molecule has 1 aromatic carbocycles. The van der Waals surface area contributed by atoms with Gasteiger partial charge in [0.05, 0.1) is 11.1 Å². The molecule has 102 valence electrons. The number of rotatable bonds is 3. The standard InChI is InChI=1S/C14H13N3O2S/c1-16-11-13(10-15-16)12-4-6-14(7-5-12)20(18,19)17-8-2-3-9-17/h2-11H,1H3. The van der Waals surface area contributed by atoms with Crippen LogP contribution in [0.3, 0.4) is 0 Å². The van der Waals surface area contributed by atoms with Gasteiger partial charge in [0.25, 0.3) is 10.0 Å². The van der Waals surface area contributed by atoms with Crippen LogP contribution in [0.1, 0.15) is 0 Å². The van der Waals surface area contributed by atoms with E-state index in [4.69, 9.17) is 0 Å². The van der Waals surface area contributed by atoms with Crippen molar-refractivity contribution in [3.05, 3.63) is 61.2 Å². The number of hydrogen-bond donors (Lipinski definition) is 0. The molecule has 0 N–H and O–H groups in total. The van der Waals surface area contributed by atoms with Crippen LogP contribution in [-0.4, -0.2) is 22.2 Å². The average molecular weight is 287 g/mol. The summed E-state index contributed by atoms with van der Waals surface area (Å²) >= 11 is 0. The molecule has 0 saturated heterocycles. The maximum atomic E-state index is 12.3. The fourth-order valence-electron chi connectivity index (χ4n) is 1.99. The molecule has 2 heterocycles. The molecular formula is C14H13N3O2S. The molecule has 0 aliphatic heterocycles. The van der Waals surface area contributed by atoms with Crippen LogP contribution in [0.25, 0.3) is 11.1 Å². The van der Waals surface area contributed by atoms with E-state index in [1.807, 2.05) is 13.2 Å². The fraction of sp³-hybridized carbons (Fsp3) is 0.0714. The van der Waals surface area contributed by atoms with Crippen molar-refractivity contribution in [3.8, 4) is 11.1 Å². The molecule has 20 heavy (non-hydrogen) atoms. The third kappa shape index (κ3) is 2.14. The van der Waals surface area contributed by atoms with E-state index in [0.717, 1.165) is 11.1 Å². The number of aryl methyl sites for hydroxylation is 1. The van der Waals surface area contributed by atoms with Crippen LogP contribution in [-0.2, 0) is 17.1 Å². The summed E-state index contributed by atoms with van der Waals surface area (Å²) < 4.78 is 27.5. The lowest BCUT2D eigenvalue weighted by molar-refractivity contribution is 0.587. The minimum Gasteiger partial charge on any atom is -0.275 e. The van der Waals surface area contributed by atoms with Gasteiger partial charge in [-0.25, -0.2) is 12.4 Å². The highest BCUT2D eigenvalue weighted by Gasteiger charge is 2.15. The average Bonchev–Trinajstić information content (AvgIpc) is 3.10. The Kier molecular flexibility index (Phi) is 2.94. The van der Waals surface area contributed by atoms with Crippen LogP contribution in [0.2, 0.25) is 0 Å². The zero-order valence-corrected chi connectivity index (χ0v) is 11.7. The fourth-order valence-corrected chi connectivity index (χ4v) is 3.17. The van der Waals surface area contributed by atoms with Crippen molar-refractivity contribution in [2.75, 3.05) is 0 Å². The smallest absolute Gasteiger partial charge is 0.267 e. The minimum atomic E-state index is -3.49. The predicted octanol–water partition coefficient (Wildman–Crippen LogP) is 2.13. The van der Waals surface area contributed by atoms with Crippen LogP contribution >= 0.6 is 0 Å². The highest BCUT2D eigenvalue weighted by molar-refractivity contribution is 7.90. The van der Waals surface area contributed by atoms with Gasteiger partial charge in [0.1, 0.15) is 0 Å². The molecule has 0 aliphatic rings. The van der Waals surface area contributed by atoms with E-state index in [2.05, 4.69) is 5.10 Å². The summed E-state index contributed by atoms with van der Waals surface area (Å²) in [5.41, 5.74) is 1.89. The Bertz CT molecular complexity index is 816. The SMILES string of the molecule is Cn1cc(-c2ccc(S(=O)(=O)n3cccc3)cc2)cn1. The summed E-state index contributed by atoms with van der Waals surface area (Å²) in [5, 5.41) is 4.10. The van der Waals surface area contributed by atoms with Crippen molar-refractivity contribution in [3.63, 3.8) is 0 Å². The Labute approximate surface area is 117 Å². The van der Waals surface area contributed by atoms with Crippen molar-refractivity contribution >= 4 is 10.0 Å². The van der Waals surface area contributed by atoms with Gasteiger partial charge in [-0.15, -0.1) is 0 Å².